The van der Waals surface area contributed by atoms with Gasteiger partial charge in [-0.05, 0) is 76.8 Å². The average Bonchev–Trinajstić information content (AvgIpc) is 2.69. The molecule has 5 nitrogen and oxygen atoms in total. The Morgan fingerprint density at radius 3 is 2.07 bits per heavy atom. The number of likely N-dealkylation sites (tertiary alicyclic amines) is 2. The van der Waals surface area contributed by atoms with Crippen LogP contribution < -0.4 is 0 Å². The summed E-state index contributed by atoms with van der Waals surface area (Å²) in [7, 11) is 0. The fourth-order valence-corrected chi connectivity index (χ4v) is 4.98. The Labute approximate surface area is 197 Å². The smallest absolute Gasteiger partial charge is 0.248 e. The zero-order valence-corrected chi connectivity index (χ0v) is 21.0. The molecule has 0 bridgehead atoms. The SMILES string of the molecule is CC(C)OCC(=O)N1CCC(CC2CCN(CC3CC[N-]CC3)CC2)CC1.[Y]. The molecule has 0 saturated carbocycles. The molecule has 0 aliphatic carbocycles. The van der Waals surface area contributed by atoms with E-state index >= 15 is 0 Å². The van der Waals surface area contributed by atoms with E-state index in [0.29, 0.717) is 0 Å². The number of nitrogens with zero attached hydrogens (tertiary/aromatic N) is 3. The third-order valence-electron chi connectivity index (χ3n) is 6.79. The number of amides is 1. The van der Waals surface area contributed by atoms with E-state index in [2.05, 4.69) is 10.2 Å². The van der Waals surface area contributed by atoms with Crippen LogP contribution in [0, 0.1) is 17.8 Å². The first-order valence-electron chi connectivity index (χ1n) is 11.3. The van der Waals surface area contributed by atoms with Crippen molar-refractivity contribution < 1.29 is 42.2 Å². The van der Waals surface area contributed by atoms with Crippen molar-refractivity contribution in [2.24, 2.45) is 17.8 Å². The maximum absolute atomic E-state index is 12.2. The van der Waals surface area contributed by atoms with Crippen molar-refractivity contribution >= 4 is 5.91 Å². The van der Waals surface area contributed by atoms with Crippen LogP contribution in [0.5, 0.6) is 0 Å². The summed E-state index contributed by atoms with van der Waals surface area (Å²) in [5, 5.41) is 4.48. The molecule has 0 aromatic carbocycles. The second kappa shape index (κ2) is 13.0. The molecule has 1 amide bonds. The molecule has 0 spiro atoms. The monoisotopic (exact) mass is 467 g/mol. The average molecular weight is 467 g/mol. The molecule has 3 rings (SSSR count). The number of rotatable bonds is 7. The summed E-state index contributed by atoms with van der Waals surface area (Å²) in [5.74, 6) is 2.78. The Balaban J connectivity index is 0.00000280. The number of ether oxygens (including phenoxy) is 1. The van der Waals surface area contributed by atoms with Gasteiger partial charge in [0.1, 0.15) is 6.61 Å². The van der Waals surface area contributed by atoms with E-state index in [1.165, 1.54) is 64.6 Å². The summed E-state index contributed by atoms with van der Waals surface area (Å²) in [5.41, 5.74) is 0. The standard InChI is InChI=1S/C22H40N3O2.Y/c1-18(2)27-17-22(26)25-13-7-20(8-14-25)15-19-5-11-24(12-6-19)16-21-3-9-23-10-4-21;/h18-21H,3-17H2,1-2H3;/q-1;. The number of hydrogen-bond donors (Lipinski definition) is 0. The Hall–Kier alpha value is 0.454. The van der Waals surface area contributed by atoms with Gasteiger partial charge < -0.3 is 19.9 Å². The van der Waals surface area contributed by atoms with Gasteiger partial charge in [-0.2, -0.15) is 0 Å². The van der Waals surface area contributed by atoms with Gasteiger partial charge in [-0.25, -0.2) is 0 Å². The van der Waals surface area contributed by atoms with Crippen molar-refractivity contribution in [1.82, 2.24) is 9.80 Å². The second-order valence-electron chi connectivity index (χ2n) is 9.28. The molecule has 0 N–H and O–H groups in total. The van der Waals surface area contributed by atoms with Crippen LogP contribution in [0.1, 0.15) is 58.8 Å². The fourth-order valence-electron chi connectivity index (χ4n) is 4.98. The van der Waals surface area contributed by atoms with Crippen molar-refractivity contribution in [3.05, 3.63) is 5.32 Å². The third-order valence-corrected chi connectivity index (χ3v) is 6.79. The van der Waals surface area contributed by atoms with Crippen LogP contribution >= 0.6 is 0 Å². The van der Waals surface area contributed by atoms with Crippen molar-refractivity contribution in [1.29, 1.82) is 0 Å². The zero-order chi connectivity index (χ0) is 19.1. The van der Waals surface area contributed by atoms with Crippen molar-refractivity contribution in [3.63, 3.8) is 0 Å². The van der Waals surface area contributed by atoms with Crippen LogP contribution in [0.15, 0.2) is 0 Å². The van der Waals surface area contributed by atoms with Crippen LogP contribution in [0.2, 0.25) is 0 Å². The predicted octanol–water partition coefficient (Wildman–Crippen LogP) is 3.53. The van der Waals surface area contributed by atoms with E-state index in [-0.39, 0.29) is 51.3 Å². The Bertz CT molecular complexity index is 441. The predicted molar refractivity (Wildman–Crippen MR) is 110 cm³/mol. The topological polar surface area (TPSA) is 46.9 Å². The van der Waals surface area contributed by atoms with Gasteiger partial charge in [-0.15, -0.1) is 13.1 Å². The third kappa shape index (κ3) is 8.30. The second-order valence-corrected chi connectivity index (χ2v) is 9.28. The summed E-state index contributed by atoms with van der Waals surface area (Å²) in [6.45, 7) is 12.1. The molecule has 3 aliphatic heterocycles. The summed E-state index contributed by atoms with van der Waals surface area (Å²) in [6.07, 6.45) is 9.22. The summed E-state index contributed by atoms with van der Waals surface area (Å²) in [6, 6.07) is 0. The number of carbonyl (C=O) groups is 1. The van der Waals surface area contributed by atoms with E-state index in [4.69, 9.17) is 4.74 Å². The van der Waals surface area contributed by atoms with Gasteiger partial charge in [0, 0.05) is 52.3 Å². The van der Waals surface area contributed by atoms with E-state index in [9.17, 15) is 4.79 Å². The minimum atomic E-state index is 0. The summed E-state index contributed by atoms with van der Waals surface area (Å²) < 4.78 is 5.47. The molecule has 28 heavy (non-hydrogen) atoms. The number of piperidine rings is 3. The van der Waals surface area contributed by atoms with Crippen LogP contribution in [0.25, 0.3) is 5.32 Å². The van der Waals surface area contributed by atoms with Crippen LogP contribution in [0.4, 0.5) is 0 Å². The molecule has 159 valence electrons. The molecule has 3 aliphatic rings. The van der Waals surface area contributed by atoms with E-state index in [0.717, 1.165) is 43.9 Å². The van der Waals surface area contributed by atoms with Gasteiger partial charge >= 0.3 is 0 Å². The Morgan fingerprint density at radius 1 is 0.929 bits per heavy atom. The number of carbonyl (C=O) groups excluding carboxylic acids is 1. The van der Waals surface area contributed by atoms with E-state index in [1.807, 2.05) is 18.7 Å². The molecule has 0 aromatic heterocycles. The number of hydrogen-bond acceptors (Lipinski definition) is 3. The van der Waals surface area contributed by atoms with Gasteiger partial charge in [0.25, 0.3) is 0 Å². The van der Waals surface area contributed by atoms with Crippen LogP contribution in [-0.2, 0) is 42.2 Å². The largest absolute Gasteiger partial charge is 0.662 e. The van der Waals surface area contributed by atoms with Gasteiger partial charge in [-0.1, -0.05) is 12.8 Å². The van der Waals surface area contributed by atoms with Crippen LogP contribution in [0.3, 0.4) is 0 Å². The minimum Gasteiger partial charge on any atom is -0.662 e. The maximum atomic E-state index is 12.2. The van der Waals surface area contributed by atoms with Crippen LogP contribution in [-0.4, -0.2) is 74.2 Å². The van der Waals surface area contributed by atoms with E-state index in [1.54, 1.807) is 0 Å². The minimum absolute atomic E-state index is 0. The maximum Gasteiger partial charge on any atom is 0.248 e. The molecule has 3 saturated heterocycles. The molecule has 6 heteroatoms. The molecule has 0 atom stereocenters. The summed E-state index contributed by atoms with van der Waals surface area (Å²) >= 11 is 0. The Morgan fingerprint density at radius 2 is 1.50 bits per heavy atom. The molecule has 3 heterocycles. The molecule has 3 fully saturated rings. The van der Waals surface area contributed by atoms with Crippen molar-refractivity contribution in [2.45, 2.75) is 64.9 Å². The first-order chi connectivity index (χ1) is 13.1. The quantitative estimate of drug-likeness (QED) is 0.576. The van der Waals surface area contributed by atoms with Crippen molar-refractivity contribution in [2.75, 3.05) is 52.4 Å². The molecule has 1 radical (unpaired) electrons. The van der Waals surface area contributed by atoms with Gasteiger partial charge in [0.05, 0.1) is 6.10 Å². The molecule has 0 unspecified atom stereocenters. The van der Waals surface area contributed by atoms with E-state index < -0.39 is 0 Å². The van der Waals surface area contributed by atoms with Crippen molar-refractivity contribution in [3.8, 4) is 0 Å². The fraction of sp³-hybridized carbons (Fsp3) is 0.955. The summed E-state index contributed by atoms with van der Waals surface area (Å²) in [4.78, 5) is 16.9. The normalized spacial score (nSPS) is 23.8. The Kier molecular flexibility index (Phi) is 11.5. The first kappa shape index (κ1) is 24.7. The molecular weight excluding hydrogens is 427 g/mol. The molecular formula is C22H40N3O2Y-. The molecule has 0 aromatic rings. The first-order valence-corrected chi connectivity index (χ1v) is 11.3. The van der Waals surface area contributed by atoms with Gasteiger partial charge in [0.15, 0.2) is 0 Å². The van der Waals surface area contributed by atoms with Gasteiger partial charge in [-0.3, -0.25) is 4.79 Å². The zero-order valence-electron chi connectivity index (χ0n) is 18.2. The van der Waals surface area contributed by atoms with Gasteiger partial charge in [0.2, 0.25) is 5.91 Å².